The summed E-state index contributed by atoms with van der Waals surface area (Å²) in [7, 11) is 0. The average Bonchev–Trinajstić information content (AvgIpc) is 2.91. The molecule has 2 aromatic rings. The fourth-order valence-electron chi connectivity index (χ4n) is 1.67. The van der Waals surface area contributed by atoms with Crippen LogP contribution in [-0.2, 0) is 16.1 Å². The first-order valence-electron chi connectivity index (χ1n) is 6.44. The highest BCUT2D eigenvalue weighted by Gasteiger charge is 2.10. The Morgan fingerprint density at radius 3 is 2.68 bits per heavy atom. The molecule has 0 saturated carbocycles. The molecular weight excluding hydrogens is 286 g/mol. The molecule has 0 aliphatic rings. The molecule has 1 N–H and O–H groups in total. The molecule has 0 bridgehead atoms. The van der Waals surface area contributed by atoms with E-state index in [-0.39, 0.29) is 13.0 Å². The summed E-state index contributed by atoms with van der Waals surface area (Å²) < 4.78 is 10.0. The minimum Gasteiger partial charge on any atom is -0.454 e. The van der Waals surface area contributed by atoms with Crippen molar-refractivity contribution in [2.75, 3.05) is 5.32 Å². The van der Waals surface area contributed by atoms with E-state index in [4.69, 9.17) is 14.5 Å². The molecular formula is C15H13N3O4. The zero-order valence-electron chi connectivity index (χ0n) is 11.8. The number of amides is 1. The van der Waals surface area contributed by atoms with Gasteiger partial charge in [-0.15, -0.1) is 0 Å². The lowest BCUT2D eigenvalue weighted by Crippen LogP contribution is -2.10. The lowest BCUT2D eigenvalue weighted by molar-refractivity contribution is -0.115. The van der Waals surface area contributed by atoms with Crippen LogP contribution in [0, 0.1) is 18.3 Å². The molecule has 1 aromatic heterocycles. The van der Waals surface area contributed by atoms with Gasteiger partial charge in [0.25, 0.3) is 0 Å². The van der Waals surface area contributed by atoms with Crippen molar-refractivity contribution in [2.45, 2.75) is 20.0 Å². The molecule has 0 aliphatic carbocycles. The summed E-state index contributed by atoms with van der Waals surface area (Å²) in [5.41, 5.74) is 1.56. The molecule has 1 heterocycles. The summed E-state index contributed by atoms with van der Waals surface area (Å²) in [6, 6.07) is 9.60. The number of carbonyl (C=O) groups is 2. The third kappa shape index (κ3) is 4.18. The van der Waals surface area contributed by atoms with Gasteiger partial charge in [-0.3, -0.25) is 4.79 Å². The summed E-state index contributed by atoms with van der Waals surface area (Å²) >= 11 is 0. The molecule has 112 valence electrons. The van der Waals surface area contributed by atoms with Crippen molar-refractivity contribution in [3.05, 3.63) is 47.3 Å². The SMILES string of the molecule is Cc1cc(COC(=O)c2ccc(NC(=O)CC#N)cc2)on1. The second-order valence-corrected chi connectivity index (χ2v) is 4.47. The Morgan fingerprint density at radius 1 is 1.36 bits per heavy atom. The van der Waals surface area contributed by atoms with Crippen LogP contribution in [0.25, 0.3) is 0 Å². The quantitative estimate of drug-likeness (QED) is 0.848. The minimum absolute atomic E-state index is 0.000327. The molecule has 0 radical (unpaired) electrons. The lowest BCUT2D eigenvalue weighted by atomic mass is 10.2. The average molecular weight is 299 g/mol. The lowest BCUT2D eigenvalue weighted by Gasteiger charge is -2.05. The normalized spacial score (nSPS) is 9.82. The number of rotatable bonds is 5. The van der Waals surface area contributed by atoms with Gasteiger partial charge in [0.15, 0.2) is 12.4 Å². The van der Waals surface area contributed by atoms with Crippen molar-refractivity contribution in [2.24, 2.45) is 0 Å². The highest BCUT2D eigenvalue weighted by molar-refractivity contribution is 5.93. The second kappa shape index (κ2) is 7.04. The number of nitriles is 1. The molecule has 7 nitrogen and oxygen atoms in total. The third-order valence-electron chi connectivity index (χ3n) is 2.67. The van der Waals surface area contributed by atoms with E-state index in [0.717, 1.165) is 0 Å². The number of esters is 1. The van der Waals surface area contributed by atoms with E-state index in [1.165, 1.54) is 12.1 Å². The van der Waals surface area contributed by atoms with Gasteiger partial charge >= 0.3 is 5.97 Å². The van der Waals surface area contributed by atoms with Gasteiger partial charge in [-0.2, -0.15) is 5.26 Å². The smallest absolute Gasteiger partial charge is 0.338 e. The number of hydrogen-bond acceptors (Lipinski definition) is 6. The largest absolute Gasteiger partial charge is 0.454 e. The maximum atomic E-state index is 11.8. The van der Waals surface area contributed by atoms with Crippen LogP contribution in [0.1, 0.15) is 28.2 Å². The van der Waals surface area contributed by atoms with Gasteiger partial charge in [-0.1, -0.05) is 5.16 Å². The van der Waals surface area contributed by atoms with Crippen LogP contribution < -0.4 is 5.32 Å². The molecule has 0 atom stereocenters. The van der Waals surface area contributed by atoms with Crippen molar-refractivity contribution in [3.8, 4) is 6.07 Å². The summed E-state index contributed by atoms with van der Waals surface area (Å²) in [4.78, 5) is 23.1. The van der Waals surface area contributed by atoms with Crippen molar-refractivity contribution in [1.29, 1.82) is 5.26 Å². The molecule has 0 spiro atoms. The third-order valence-corrected chi connectivity index (χ3v) is 2.67. The fraction of sp³-hybridized carbons (Fsp3) is 0.200. The highest BCUT2D eigenvalue weighted by atomic mass is 16.5. The predicted molar refractivity (Wildman–Crippen MR) is 75.7 cm³/mol. The topological polar surface area (TPSA) is 105 Å². The van der Waals surface area contributed by atoms with E-state index in [2.05, 4.69) is 10.5 Å². The molecule has 1 amide bonds. The van der Waals surface area contributed by atoms with Gasteiger partial charge in [0, 0.05) is 11.8 Å². The monoisotopic (exact) mass is 299 g/mol. The number of aromatic nitrogens is 1. The van der Waals surface area contributed by atoms with E-state index in [1.807, 2.05) is 0 Å². The zero-order valence-corrected chi connectivity index (χ0v) is 11.8. The number of hydrogen-bond donors (Lipinski definition) is 1. The second-order valence-electron chi connectivity index (χ2n) is 4.47. The first-order valence-corrected chi connectivity index (χ1v) is 6.44. The van der Waals surface area contributed by atoms with Crippen LogP contribution >= 0.6 is 0 Å². The Bertz CT molecular complexity index is 713. The summed E-state index contributed by atoms with van der Waals surface area (Å²) in [5, 5.41) is 14.6. The fourth-order valence-corrected chi connectivity index (χ4v) is 1.67. The number of carbonyl (C=O) groups excluding carboxylic acids is 2. The molecule has 0 aliphatic heterocycles. The van der Waals surface area contributed by atoms with Crippen LogP contribution in [0.4, 0.5) is 5.69 Å². The van der Waals surface area contributed by atoms with E-state index in [0.29, 0.717) is 22.7 Å². The maximum absolute atomic E-state index is 11.8. The highest BCUT2D eigenvalue weighted by Crippen LogP contribution is 2.12. The Morgan fingerprint density at radius 2 is 2.09 bits per heavy atom. The first kappa shape index (κ1) is 15.3. The summed E-state index contributed by atoms with van der Waals surface area (Å²) in [6.07, 6.45) is -0.222. The van der Waals surface area contributed by atoms with E-state index >= 15 is 0 Å². The first-order chi connectivity index (χ1) is 10.6. The van der Waals surface area contributed by atoms with E-state index < -0.39 is 11.9 Å². The van der Waals surface area contributed by atoms with Gasteiger partial charge < -0.3 is 14.6 Å². The van der Waals surface area contributed by atoms with Crippen LogP contribution in [-0.4, -0.2) is 17.0 Å². The summed E-state index contributed by atoms with van der Waals surface area (Å²) in [5.74, 6) is -0.450. The Labute approximate surface area is 126 Å². The van der Waals surface area contributed by atoms with Crippen molar-refractivity contribution in [1.82, 2.24) is 5.16 Å². The van der Waals surface area contributed by atoms with Crippen LogP contribution in [0.2, 0.25) is 0 Å². The molecule has 0 unspecified atom stereocenters. The summed E-state index contributed by atoms with van der Waals surface area (Å²) in [6.45, 7) is 1.77. The Balaban J connectivity index is 1.90. The van der Waals surface area contributed by atoms with E-state index in [1.54, 1.807) is 31.2 Å². The molecule has 0 fully saturated rings. The van der Waals surface area contributed by atoms with Crippen LogP contribution in [0.15, 0.2) is 34.9 Å². The van der Waals surface area contributed by atoms with Gasteiger partial charge in [-0.05, 0) is 31.2 Å². The Kier molecular flexibility index (Phi) is 4.88. The molecule has 2 rings (SSSR count). The van der Waals surface area contributed by atoms with Gasteiger partial charge in [0.05, 0.1) is 17.3 Å². The minimum atomic E-state index is -0.510. The van der Waals surface area contributed by atoms with Gasteiger partial charge in [-0.25, -0.2) is 4.79 Å². The molecule has 22 heavy (non-hydrogen) atoms. The Hall–Kier alpha value is -3.14. The predicted octanol–water partition coefficient (Wildman–Crippen LogP) is 2.19. The number of aryl methyl sites for hydroxylation is 1. The number of ether oxygens (including phenoxy) is 1. The van der Waals surface area contributed by atoms with Gasteiger partial charge in [0.1, 0.15) is 6.42 Å². The van der Waals surface area contributed by atoms with Gasteiger partial charge in [0.2, 0.25) is 5.91 Å². The standard InChI is InChI=1S/C15H13N3O4/c1-10-8-13(22-18-10)9-21-15(20)11-2-4-12(5-3-11)17-14(19)6-7-16/h2-5,8H,6,9H2,1H3,(H,17,19). The zero-order chi connectivity index (χ0) is 15.9. The molecule has 0 saturated heterocycles. The number of nitrogens with zero attached hydrogens (tertiary/aromatic N) is 2. The molecule has 1 aromatic carbocycles. The van der Waals surface area contributed by atoms with Crippen LogP contribution in [0.3, 0.4) is 0 Å². The van der Waals surface area contributed by atoms with E-state index in [9.17, 15) is 9.59 Å². The number of anilines is 1. The maximum Gasteiger partial charge on any atom is 0.338 e. The van der Waals surface area contributed by atoms with Crippen LogP contribution in [0.5, 0.6) is 0 Å². The number of nitrogens with one attached hydrogen (secondary N) is 1. The number of benzene rings is 1. The van der Waals surface area contributed by atoms with Crippen molar-refractivity contribution >= 4 is 17.6 Å². The molecule has 7 heteroatoms. The van der Waals surface area contributed by atoms with Crippen molar-refractivity contribution < 1.29 is 18.8 Å². The van der Waals surface area contributed by atoms with Crippen molar-refractivity contribution in [3.63, 3.8) is 0 Å².